The Balaban J connectivity index is 3.69. The summed E-state index contributed by atoms with van der Waals surface area (Å²) in [5, 5.41) is 10.2. The maximum Gasteiger partial charge on any atom is 0.212 e. The fourth-order valence-corrected chi connectivity index (χ4v) is 0.904. The molecule has 2 unspecified atom stereocenters. The monoisotopic (exact) mass is 145 g/mol. The van der Waals surface area contributed by atoms with Gasteiger partial charge in [0, 0.05) is 17.8 Å². The molecule has 60 valence electrons. The number of hydrogen-bond acceptors (Lipinski definition) is 2. The topological polar surface area (TPSA) is 43.1 Å². The van der Waals surface area contributed by atoms with Gasteiger partial charge in [0.1, 0.15) is 0 Å². The van der Waals surface area contributed by atoms with Crippen molar-refractivity contribution in [2.24, 2.45) is 5.92 Å². The van der Waals surface area contributed by atoms with Crippen LogP contribution in [0.4, 0.5) is 0 Å². The summed E-state index contributed by atoms with van der Waals surface area (Å²) in [5.74, 6) is 0.208. The van der Waals surface area contributed by atoms with E-state index in [4.69, 9.17) is 0 Å². The number of rotatable bonds is 4. The van der Waals surface area contributed by atoms with Gasteiger partial charge in [0.15, 0.2) is 0 Å². The molecule has 0 saturated heterocycles. The van der Waals surface area contributed by atoms with Gasteiger partial charge >= 0.3 is 0 Å². The zero-order chi connectivity index (χ0) is 8.15. The molecule has 2 atom stereocenters. The van der Waals surface area contributed by atoms with E-state index in [1.165, 1.54) is 0 Å². The first kappa shape index (κ1) is 9.40. The van der Waals surface area contributed by atoms with Crippen molar-refractivity contribution >= 4 is 0 Å². The third-order valence-electron chi connectivity index (χ3n) is 1.90. The molecule has 0 saturated carbocycles. The zero-order valence-electron chi connectivity index (χ0n) is 6.83. The van der Waals surface area contributed by atoms with Crippen LogP contribution in [-0.4, -0.2) is 11.0 Å². The Morgan fingerprint density at radius 3 is 2.30 bits per heavy atom. The Morgan fingerprint density at radius 1 is 1.50 bits per heavy atom. The van der Waals surface area contributed by atoms with E-state index >= 15 is 0 Å². The van der Waals surface area contributed by atoms with E-state index in [1.807, 2.05) is 13.8 Å². The van der Waals surface area contributed by atoms with Crippen LogP contribution in [0, 0.1) is 16.0 Å². The summed E-state index contributed by atoms with van der Waals surface area (Å²) < 4.78 is 0. The summed E-state index contributed by atoms with van der Waals surface area (Å²) in [6, 6.07) is -0.389. The second kappa shape index (κ2) is 4.25. The third kappa shape index (κ3) is 2.80. The normalized spacial score (nSPS) is 16.3. The Hall–Kier alpha value is -0.600. The lowest BCUT2D eigenvalue weighted by Crippen LogP contribution is -2.23. The van der Waals surface area contributed by atoms with E-state index in [-0.39, 0.29) is 16.9 Å². The van der Waals surface area contributed by atoms with Crippen molar-refractivity contribution in [3.63, 3.8) is 0 Å². The predicted molar refractivity (Wildman–Crippen MR) is 40.5 cm³/mol. The van der Waals surface area contributed by atoms with Gasteiger partial charge < -0.3 is 0 Å². The fraction of sp³-hybridized carbons (Fsp3) is 1.00. The first-order chi connectivity index (χ1) is 4.59. The molecule has 10 heavy (non-hydrogen) atoms. The highest BCUT2D eigenvalue weighted by Gasteiger charge is 2.20. The molecule has 3 heteroatoms. The Bertz CT molecular complexity index is 114. The molecule has 0 fully saturated rings. The van der Waals surface area contributed by atoms with Crippen LogP contribution in [0.15, 0.2) is 0 Å². The van der Waals surface area contributed by atoms with Crippen molar-refractivity contribution in [3.8, 4) is 0 Å². The summed E-state index contributed by atoms with van der Waals surface area (Å²) in [7, 11) is 0. The highest BCUT2D eigenvalue weighted by Crippen LogP contribution is 2.11. The van der Waals surface area contributed by atoms with Crippen LogP contribution in [0.5, 0.6) is 0 Å². The predicted octanol–water partition coefficient (Wildman–Crippen LogP) is 2.09. The van der Waals surface area contributed by atoms with E-state index in [9.17, 15) is 10.1 Å². The summed E-state index contributed by atoms with van der Waals surface area (Å²) in [5.41, 5.74) is 0. The van der Waals surface area contributed by atoms with Crippen LogP contribution in [-0.2, 0) is 0 Å². The minimum Gasteiger partial charge on any atom is -0.264 e. The molecule has 0 aliphatic carbocycles. The SMILES string of the molecule is CCCC(C)C(C)[N+](=O)[O-]. The van der Waals surface area contributed by atoms with E-state index < -0.39 is 0 Å². The third-order valence-corrected chi connectivity index (χ3v) is 1.90. The maximum absolute atomic E-state index is 10.2. The second-order valence-electron chi connectivity index (χ2n) is 2.79. The van der Waals surface area contributed by atoms with Crippen LogP contribution >= 0.6 is 0 Å². The molecule has 0 heterocycles. The lowest BCUT2D eigenvalue weighted by molar-refractivity contribution is -0.527. The largest absolute Gasteiger partial charge is 0.264 e. The smallest absolute Gasteiger partial charge is 0.212 e. The molecule has 0 spiro atoms. The molecular formula is C7H15NO2. The Morgan fingerprint density at radius 2 is 2.00 bits per heavy atom. The Kier molecular flexibility index (Phi) is 4.00. The Labute approximate surface area is 61.6 Å². The van der Waals surface area contributed by atoms with Crippen molar-refractivity contribution in [1.29, 1.82) is 0 Å². The minimum absolute atomic E-state index is 0.208. The molecular weight excluding hydrogens is 130 g/mol. The number of nitro groups is 1. The number of hydrogen-bond donors (Lipinski definition) is 0. The van der Waals surface area contributed by atoms with E-state index in [2.05, 4.69) is 0 Å². The van der Waals surface area contributed by atoms with E-state index in [1.54, 1.807) is 6.92 Å². The van der Waals surface area contributed by atoms with Gasteiger partial charge in [0.2, 0.25) is 6.04 Å². The van der Waals surface area contributed by atoms with Crippen LogP contribution in [0.25, 0.3) is 0 Å². The average molecular weight is 145 g/mol. The molecule has 0 aromatic heterocycles. The van der Waals surface area contributed by atoms with Crippen LogP contribution in [0.2, 0.25) is 0 Å². The average Bonchev–Trinajstić information content (AvgIpc) is 1.87. The molecule has 0 rings (SSSR count). The van der Waals surface area contributed by atoms with Crippen molar-refractivity contribution in [3.05, 3.63) is 10.1 Å². The summed E-state index contributed by atoms with van der Waals surface area (Å²) in [6.07, 6.45) is 1.97. The highest BCUT2D eigenvalue weighted by molar-refractivity contribution is 4.58. The van der Waals surface area contributed by atoms with Gasteiger partial charge in [-0.3, -0.25) is 10.1 Å². The first-order valence-electron chi connectivity index (χ1n) is 3.73. The van der Waals surface area contributed by atoms with Crippen molar-refractivity contribution in [1.82, 2.24) is 0 Å². The molecule has 0 amide bonds. The molecule has 0 aliphatic rings. The van der Waals surface area contributed by atoms with E-state index in [0.29, 0.717) is 0 Å². The van der Waals surface area contributed by atoms with E-state index in [0.717, 1.165) is 12.8 Å². The molecule has 0 aromatic carbocycles. The standard InChI is InChI=1S/C7H15NO2/c1-4-5-6(2)7(3)8(9)10/h6-7H,4-5H2,1-3H3. The van der Waals surface area contributed by atoms with Gasteiger partial charge in [0.05, 0.1) is 0 Å². The van der Waals surface area contributed by atoms with Gasteiger partial charge in [-0.15, -0.1) is 0 Å². The first-order valence-corrected chi connectivity index (χ1v) is 3.73. The summed E-state index contributed by atoms with van der Waals surface area (Å²) in [6.45, 7) is 5.64. The van der Waals surface area contributed by atoms with Gasteiger partial charge in [-0.2, -0.15) is 0 Å². The van der Waals surface area contributed by atoms with Crippen LogP contribution < -0.4 is 0 Å². The van der Waals surface area contributed by atoms with Gasteiger partial charge in [0.25, 0.3) is 0 Å². The lowest BCUT2D eigenvalue weighted by Gasteiger charge is -2.10. The highest BCUT2D eigenvalue weighted by atomic mass is 16.6. The molecule has 0 N–H and O–H groups in total. The second-order valence-corrected chi connectivity index (χ2v) is 2.79. The van der Waals surface area contributed by atoms with Gasteiger partial charge in [-0.25, -0.2) is 0 Å². The summed E-state index contributed by atoms with van der Waals surface area (Å²) in [4.78, 5) is 10.0. The van der Waals surface area contributed by atoms with Crippen molar-refractivity contribution in [2.45, 2.75) is 39.7 Å². The van der Waals surface area contributed by atoms with Gasteiger partial charge in [-0.05, 0) is 6.42 Å². The maximum atomic E-state index is 10.2. The van der Waals surface area contributed by atoms with Crippen molar-refractivity contribution in [2.75, 3.05) is 0 Å². The molecule has 3 nitrogen and oxygen atoms in total. The molecule has 0 aromatic rings. The molecule has 0 aliphatic heterocycles. The van der Waals surface area contributed by atoms with Crippen LogP contribution in [0.1, 0.15) is 33.6 Å². The van der Waals surface area contributed by atoms with Crippen molar-refractivity contribution < 1.29 is 4.92 Å². The van der Waals surface area contributed by atoms with Crippen LogP contribution in [0.3, 0.4) is 0 Å². The minimum atomic E-state index is -0.389. The lowest BCUT2D eigenvalue weighted by atomic mass is 9.99. The van der Waals surface area contributed by atoms with Gasteiger partial charge in [-0.1, -0.05) is 20.3 Å². The quantitative estimate of drug-likeness (QED) is 0.449. The summed E-state index contributed by atoms with van der Waals surface area (Å²) >= 11 is 0. The molecule has 0 bridgehead atoms. The molecule has 0 radical (unpaired) electrons. The number of nitrogens with zero attached hydrogens (tertiary/aromatic N) is 1. The fourth-order valence-electron chi connectivity index (χ4n) is 0.904. The zero-order valence-corrected chi connectivity index (χ0v) is 6.83.